The predicted octanol–water partition coefficient (Wildman–Crippen LogP) is 1.84. The van der Waals surface area contributed by atoms with Crippen LogP contribution in [0.5, 0.6) is 0 Å². The Kier molecular flexibility index (Phi) is 5.30. The van der Waals surface area contributed by atoms with Crippen LogP contribution >= 0.6 is 0 Å². The number of rotatable bonds is 6. The summed E-state index contributed by atoms with van der Waals surface area (Å²) in [5, 5.41) is 18.7. The van der Waals surface area contributed by atoms with Crippen LogP contribution in [0, 0.1) is 11.3 Å². The van der Waals surface area contributed by atoms with E-state index in [9.17, 15) is 24.6 Å². The molecular formula is C14H20O6. The van der Waals surface area contributed by atoms with Crippen LogP contribution in [-0.4, -0.2) is 34.7 Å². The van der Waals surface area contributed by atoms with Crippen molar-refractivity contribution >= 4 is 17.9 Å². The second-order valence-corrected chi connectivity index (χ2v) is 5.26. The van der Waals surface area contributed by atoms with E-state index in [2.05, 4.69) is 6.58 Å². The number of aliphatic carboxylic acids is 2. The lowest BCUT2D eigenvalue weighted by atomic mass is 9.64. The molecule has 0 radical (unpaired) electrons. The van der Waals surface area contributed by atoms with Gasteiger partial charge in [0, 0.05) is 5.57 Å². The molecule has 0 aromatic heterocycles. The minimum Gasteiger partial charge on any atom is -0.481 e. The normalized spacial score (nSPS) is 25.8. The maximum Gasteiger partial charge on any atom is 0.333 e. The summed E-state index contributed by atoms with van der Waals surface area (Å²) in [5.74, 6) is -3.75. The first kappa shape index (κ1) is 16.2. The first-order chi connectivity index (χ1) is 9.31. The Morgan fingerprint density at radius 1 is 1.30 bits per heavy atom. The van der Waals surface area contributed by atoms with Crippen molar-refractivity contribution in [2.24, 2.45) is 11.3 Å². The van der Waals surface area contributed by atoms with Gasteiger partial charge in [0.25, 0.3) is 0 Å². The van der Waals surface area contributed by atoms with E-state index in [1.165, 1.54) is 6.92 Å². The van der Waals surface area contributed by atoms with E-state index in [-0.39, 0.29) is 18.6 Å². The molecule has 1 saturated carbocycles. The lowest BCUT2D eigenvalue weighted by molar-refractivity contribution is -0.168. The van der Waals surface area contributed by atoms with Gasteiger partial charge in [-0.05, 0) is 26.2 Å². The maximum absolute atomic E-state index is 11.6. The molecule has 0 saturated heterocycles. The number of carboxylic acids is 2. The van der Waals surface area contributed by atoms with Crippen LogP contribution in [-0.2, 0) is 19.1 Å². The minimum atomic E-state index is -1.35. The van der Waals surface area contributed by atoms with Gasteiger partial charge in [-0.3, -0.25) is 9.59 Å². The van der Waals surface area contributed by atoms with Crippen molar-refractivity contribution in [1.82, 2.24) is 0 Å². The first-order valence-electron chi connectivity index (χ1n) is 6.60. The molecule has 0 bridgehead atoms. The van der Waals surface area contributed by atoms with Crippen molar-refractivity contribution in [2.75, 3.05) is 6.61 Å². The molecule has 0 aliphatic heterocycles. The van der Waals surface area contributed by atoms with Crippen LogP contribution in [0.1, 0.15) is 39.0 Å². The first-order valence-corrected chi connectivity index (χ1v) is 6.60. The molecule has 1 rings (SSSR count). The summed E-state index contributed by atoms with van der Waals surface area (Å²) < 4.78 is 4.91. The van der Waals surface area contributed by atoms with E-state index in [0.717, 1.165) is 0 Å². The zero-order chi connectivity index (χ0) is 15.3. The Labute approximate surface area is 117 Å². The number of carboxylic acid groups (broad SMARTS) is 2. The van der Waals surface area contributed by atoms with E-state index in [4.69, 9.17) is 4.74 Å². The maximum atomic E-state index is 11.6. The van der Waals surface area contributed by atoms with Gasteiger partial charge in [-0.25, -0.2) is 4.79 Å². The predicted molar refractivity (Wildman–Crippen MR) is 70.1 cm³/mol. The van der Waals surface area contributed by atoms with Gasteiger partial charge >= 0.3 is 17.9 Å². The third-order valence-electron chi connectivity index (χ3n) is 3.89. The highest BCUT2D eigenvalue weighted by molar-refractivity contribution is 5.87. The Bertz CT molecular complexity index is 427. The highest BCUT2D eigenvalue weighted by Gasteiger charge is 2.50. The molecule has 0 aromatic rings. The minimum absolute atomic E-state index is 0.0122. The smallest absolute Gasteiger partial charge is 0.333 e. The van der Waals surface area contributed by atoms with Crippen LogP contribution in [0.3, 0.4) is 0 Å². The van der Waals surface area contributed by atoms with Crippen LogP contribution in [0.25, 0.3) is 0 Å². The summed E-state index contributed by atoms with van der Waals surface area (Å²) in [5.41, 5.74) is -1.12. The summed E-state index contributed by atoms with van der Waals surface area (Å²) in [6.45, 7) is 4.82. The number of hydrogen-bond acceptors (Lipinski definition) is 4. The van der Waals surface area contributed by atoms with Gasteiger partial charge in [-0.1, -0.05) is 19.4 Å². The molecule has 0 spiro atoms. The summed E-state index contributed by atoms with van der Waals surface area (Å²) in [6, 6.07) is 0. The van der Waals surface area contributed by atoms with E-state index in [0.29, 0.717) is 25.7 Å². The monoisotopic (exact) mass is 284 g/mol. The molecule has 0 amide bonds. The summed E-state index contributed by atoms with van der Waals surface area (Å²) >= 11 is 0. The van der Waals surface area contributed by atoms with Gasteiger partial charge in [-0.2, -0.15) is 0 Å². The van der Waals surface area contributed by atoms with Crippen molar-refractivity contribution in [3.8, 4) is 0 Å². The van der Waals surface area contributed by atoms with E-state index < -0.39 is 29.2 Å². The van der Waals surface area contributed by atoms with E-state index in [1.807, 2.05) is 0 Å². The Hall–Kier alpha value is -1.85. The molecular weight excluding hydrogens is 264 g/mol. The number of carbonyl (C=O) groups is 3. The van der Waals surface area contributed by atoms with Crippen molar-refractivity contribution in [1.29, 1.82) is 0 Å². The van der Waals surface area contributed by atoms with Crippen LogP contribution in [0.4, 0.5) is 0 Å². The molecule has 2 atom stereocenters. The molecule has 112 valence electrons. The molecule has 6 heteroatoms. The lowest BCUT2D eigenvalue weighted by Gasteiger charge is -2.38. The fourth-order valence-electron chi connectivity index (χ4n) is 2.71. The largest absolute Gasteiger partial charge is 0.481 e. The van der Waals surface area contributed by atoms with E-state index >= 15 is 0 Å². The zero-order valence-electron chi connectivity index (χ0n) is 11.6. The Morgan fingerprint density at radius 2 is 1.95 bits per heavy atom. The molecule has 20 heavy (non-hydrogen) atoms. The third kappa shape index (κ3) is 3.37. The topological polar surface area (TPSA) is 101 Å². The molecule has 1 aliphatic rings. The van der Waals surface area contributed by atoms with Crippen LogP contribution in [0.15, 0.2) is 12.2 Å². The summed E-state index contributed by atoms with van der Waals surface area (Å²) in [4.78, 5) is 34.2. The van der Waals surface area contributed by atoms with Gasteiger partial charge in [-0.15, -0.1) is 0 Å². The van der Waals surface area contributed by atoms with Gasteiger partial charge in [0.2, 0.25) is 0 Å². The second kappa shape index (κ2) is 6.54. The number of carbonyl (C=O) groups excluding carboxylic acids is 1. The fourth-order valence-corrected chi connectivity index (χ4v) is 2.71. The fraction of sp³-hybridized carbons (Fsp3) is 0.643. The van der Waals surface area contributed by atoms with Crippen molar-refractivity contribution in [3.63, 3.8) is 0 Å². The second-order valence-electron chi connectivity index (χ2n) is 5.26. The molecule has 2 N–H and O–H groups in total. The Balaban J connectivity index is 2.80. The molecule has 0 aromatic carbocycles. The van der Waals surface area contributed by atoms with Crippen LogP contribution in [0.2, 0.25) is 0 Å². The Morgan fingerprint density at radius 3 is 2.45 bits per heavy atom. The standard InChI is InChI=1S/C14H20O6/c1-9(2)12(17)20-8-7-14(13(18)19)6-4-3-5-10(14)11(15)16/h10H,1,3-8H2,2H3,(H,15,16)(H,18,19)/t10-,14+/m1/s1. The van der Waals surface area contributed by atoms with Crippen LogP contribution < -0.4 is 0 Å². The number of ether oxygens (including phenoxy) is 1. The molecule has 0 heterocycles. The zero-order valence-corrected chi connectivity index (χ0v) is 11.6. The molecule has 0 unspecified atom stereocenters. The highest BCUT2D eigenvalue weighted by atomic mass is 16.5. The van der Waals surface area contributed by atoms with Crippen molar-refractivity contribution < 1.29 is 29.3 Å². The number of hydrogen-bond donors (Lipinski definition) is 2. The van der Waals surface area contributed by atoms with Gasteiger partial charge < -0.3 is 14.9 Å². The third-order valence-corrected chi connectivity index (χ3v) is 3.89. The summed E-state index contributed by atoms with van der Waals surface area (Å²) in [7, 11) is 0. The SMILES string of the molecule is C=C(C)C(=O)OCC[C@@]1(C(=O)O)CCCC[C@@H]1C(=O)O. The highest BCUT2D eigenvalue weighted by Crippen LogP contribution is 2.44. The molecule has 1 fully saturated rings. The molecule has 6 nitrogen and oxygen atoms in total. The van der Waals surface area contributed by atoms with Gasteiger partial charge in [0.15, 0.2) is 0 Å². The van der Waals surface area contributed by atoms with Gasteiger partial charge in [0.05, 0.1) is 17.9 Å². The van der Waals surface area contributed by atoms with Crippen molar-refractivity contribution in [2.45, 2.75) is 39.0 Å². The quantitative estimate of drug-likeness (QED) is 0.570. The lowest BCUT2D eigenvalue weighted by Crippen LogP contribution is -2.45. The average Bonchev–Trinajstić information content (AvgIpc) is 2.38. The summed E-state index contributed by atoms with van der Waals surface area (Å²) in [6.07, 6.45) is 2.03. The van der Waals surface area contributed by atoms with Crippen molar-refractivity contribution in [3.05, 3.63) is 12.2 Å². The average molecular weight is 284 g/mol. The molecule has 1 aliphatic carbocycles. The van der Waals surface area contributed by atoms with E-state index in [1.54, 1.807) is 0 Å². The van der Waals surface area contributed by atoms with Gasteiger partial charge in [0.1, 0.15) is 0 Å². The number of esters is 1.